The normalized spacial score (nSPS) is 15.0. The number of nitrogens with zero attached hydrogens (tertiary/aromatic N) is 4. The molecule has 2 heterocycles. The summed E-state index contributed by atoms with van der Waals surface area (Å²) in [5.74, 6) is 0.369. The zero-order valence-corrected chi connectivity index (χ0v) is 16.5. The third-order valence-corrected chi connectivity index (χ3v) is 5.44. The van der Waals surface area contributed by atoms with Gasteiger partial charge in [0.1, 0.15) is 5.52 Å². The summed E-state index contributed by atoms with van der Waals surface area (Å²) in [5.41, 5.74) is 3.34. The first-order valence-corrected chi connectivity index (χ1v) is 9.78. The predicted octanol–water partition coefficient (Wildman–Crippen LogP) is 4.38. The molecule has 1 aromatic carbocycles. The summed E-state index contributed by atoms with van der Waals surface area (Å²) in [6, 6.07) is 8.17. The van der Waals surface area contributed by atoms with Gasteiger partial charge in [-0.1, -0.05) is 31.4 Å². The zero-order chi connectivity index (χ0) is 19.7. The molecule has 3 aromatic rings. The van der Waals surface area contributed by atoms with Crippen molar-refractivity contribution in [3.05, 3.63) is 41.2 Å². The fourth-order valence-electron chi connectivity index (χ4n) is 3.91. The van der Waals surface area contributed by atoms with Gasteiger partial charge in [0.25, 0.3) is 5.91 Å². The number of benzene rings is 1. The predicted molar refractivity (Wildman–Crippen MR) is 108 cm³/mol. The van der Waals surface area contributed by atoms with E-state index in [2.05, 4.69) is 20.3 Å². The molecule has 4 rings (SSSR count). The first-order valence-electron chi connectivity index (χ1n) is 9.78. The lowest BCUT2D eigenvalue weighted by Gasteiger charge is -2.31. The Bertz CT molecular complexity index is 951. The number of fused-ring (bicyclic) bond motifs is 1. The Labute approximate surface area is 164 Å². The quantitative estimate of drug-likeness (QED) is 0.724. The number of hydrogen-bond acceptors (Lipinski definition) is 6. The molecule has 28 heavy (non-hydrogen) atoms. The molecule has 1 fully saturated rings. The van der Waals surface area contributed by atoms with Gasteiger partial charge in [-0.3, -0.25) is 10.1 Å². The second-order valence-corrected chi connectivity index (χ2v) is 7.41. The first-order chi connectivity index (χ1) is 13.5. The molecule has 1 aliphatic rings. The van der Waals surface area contributed by atoms with Crippen molar-refractivity contribution in [1.29, 1.82) is 0 Å². The van der Waals surface area contributed by atoms with Crippen molar-refractivity contribution in [2.45, 2.75) is 52.0 Å². The number of aryl methyl sites for hydroxylation is 2. The highest BCUT2D eigenvalue weighted by molar-refractivity contribution is 5.96. The van der Waals surface area contributed by atoms with Gasteiger partial charge >= 0.3 is 6.01 Å². The van der Waals surface area contributed by atoms with Gasteiger partial charge in [0.2, 0.25) is 5.95 Å². The molecule has 1 aliphatic carbocycles. The number of carbonyl (C=O) groups is 1. The average Bonchev–Trinajstić information content (AvgIpc) is 3.09. The zero-order valence-electron chi connectivity index (χ0n) is 16.5. The minimum Gasteiger partial charge on any atom is -0.423 e. The fourth-order valence-corrected chi connectivity index (χ4v) is 3.91. The molecule has 0 aliphatic heterocycles. The molecule has 146 valence electrons. The van der Waals surface area contributed by atoms with Crippen LogP contribution in [0, 0.1) is 13.8 Å². The highest BCUT2D eigenvalue weighted by Gasteiger charge is 2.26. The van der Waals surface area contributed by atoms with E-state index in [1.54, 1.807) is 0 Å². The number of anilines is 2. The van der Waals surface area contributed by atoms with Crippen LogP contribution in [0.15, 0.2) is 28.7 Å². The van der Waals surface area contributed by atoms with Crippen molar-refractivity contribution in [2.24, 2.45) is 0 Å². The summed E-state index contributed by atoms with van der Waals surface area (Å²) in [4.78, 5) is 28.3. The van der Waals surface area contributed by atoms with Crippen LogP contribution in [0.3, 0.4) is 0 Å². The third-order valence-electron chi connectivity index (χ3n) is 5.44. The number of nitrogens with one attached hydrogen (secondary N) is 1. The van der Waals surface area contributed by atoms with Gasteiger partial charge in [0.05, 0.1) is 17.0 Å². The van der Waals surface area contributed by atoms with Gasteiger partial charge in [-0.05, 0) is 38.8 Å². The van der Waals surface area contributed by atoms with E-state index in [0.717, 1.165) is 18.4 Å². The highest BCUT2D eigenvalue weighted by atomic mass is 16.4. The van der Waals surface area contributed by atoms with Crippen LogP contribution in [0.2, 0.25) is 0 Å². The Kier molecular flexibility index (Phi) is 4.98. The summed E-state index contributed by atoms with van der Waals surface area (Å²) in [7, 11) is 1.89. The van der Waals surface area contributed by atoms with E-state index in [-0.39, 0.29) is 5.91 Å². The molecule has 0 saturated heterocycles. The average molecular weight is 379 g/mol. The van der Waals surface area contributed by atoms with Gasteiger partial charge in [0, 0.05) is 13.1 Å². The van der Waals surface area contributed by atoms with Crippen molar-refractivity contribution < 1.29 is 9.21 Å². The number of hydrogen-bond donors (Lipinski definition) is 1. The van der Waals surface area contributed by atoms with Crippen LogP contribution < -0.4 is 5.32 Å². The fraction of sp³-hybridized carbons (Fsp3) is 0.429. The monoisotopic (exact) mass is 379 g/mol. The molecule has 0 spiro atoms. The lowest BCUT2D eigenvalue weighted by molar-refractivity contribution is 0.0693. The lowest BCUT2D eigenvalue weighted by Crippen LogP contribution is -2.39. The van der Waals surface area contributed by atoms with E-state index in [9.17, 15) is 4.79 Å². The molecule has 0 unspecified atom stereocenters. The molecule has 1 saturated carbocycles. The molecular weight excluding hydrogens is 354 g/mol. The van der Waals surface area contributed by atoms with Gasteiger partial charge in [-0.2, -0.15) is 4.98 Å². The molecule has 7 nitrogen and oxygen atoms in total. The van der Waals surface area contributed by atoms with E-state index in [1.165, 1.54) is 19.3 Å². The number of para-hydroxylation sites is 2. The number of rotatable bonds is 4. The minimum atomic E-state index is -0.00434. The molecule has 1 amide bonds. The van der Waals surface area contributed by atoms with Crippen LogP contribution in [0.25, 0.3) is 11.1 Å². The summed E-state index contributed by atoms with van der Waals surface area (Å²) in [5, 5.41) is 3.01. The van der Waals surface area contributed by atoms with Crippen LogP contribution in [0.5, 0.6) is 0 Å². The number of carbonyl (C=O) groups excluding carboxylic acids is 1. The topological polar surface area (TPSA) is 84.1 Å². The van der Waals surface area contributed by atoms with Crippen LogP contribution >= 0.6 is 0 Å². The molecule has 0 bridgehead atoms. The van der Waals surface area contributed by atoms with Crippen molar-refractivity contribution >= 4 is 29.0 Å². The van der Waals surface area contributed by atoms with Crippen molar-refractivity contribution in [2.75, 3.05) is 12.4 Å². The van der Waals surface area contributed by atoms with E-state index in [4.69, 9.17) is 4.42 Å². The Hall–Kier alpha value is -2.96. The largest absolute Gasteiger partial charge is 0.423 e. The second-order valence-electron chi connectivity index (χ2n) is 7.41. The minimum absolute atomic E-state index is 0.00434. The molecular formula is C21H25N5O2. The van der Waals surface area contributed by atoms with Gasteiger partial charge in [-0.15, -0.1) is 0 Å². The van der Waals surface area contributed by atoms with Gasteiger partial charge in [-0.25, -0.2) is 9.97 Å². The summed E-state index contributed by atoms with van der Waals surface area (Å²) in [6.07, 6.45) is 5.77. The maximum absolute atomic E-state index is 13.1. The molecule has 7 heteroatoms. The number of oxazole rings is 1. The Morgan fingerprint density at radius 1 is 1.07 bits per heavy atom. The SMILES string of the molecule is Cc1nc(Nc2nc3ccccc3o2)nc(C)c1C(=O)N(C)C1CCCCC1. The van der Waals surface area contributed by atoms with E-state index < -0.39 is 0 Å². The smallest absolute Gasteiger partial charge is 0.302 e. The molecule has 1 N–H and O–H groups in total. The molecule has 0 radical (unpaired) electrons. The maximum atomic E-state index is 13.1. The van der Waals surface area contributed by atoms with Gasteiger partial charge < -0.3 is 9.32 Å². The third kappa shape index (κ3) is 3.56. The Morgan fingerprint density at radius 2 is 1.75 bits per heavy atom. The summed E-state index contributed by atoms with van der Waals surface area (Å²) < 4.78 is 5.67. The summed E-state index contributed by atoms with van der Waals surface area (Å²) >= 11 is 0. The van der Waals surface area contributed by atoms with E-state index in [1.807, 2.05) is 50.1 Å². The lowest BCUT2D eigenvalue weighted by atomic mass is 9.94. The van der Waals surface area contributed by atoms with Crippen LogP contribution in [0.4, 0.5) is 12.0 Å². The van der Waals surface area contributed by atoms with Crippen LogP contribution in [-0.2, 0) is 0 Å². The van der Waals surface area contributed by atoms with E-state index in [0.29, 0.717) is 40.5 Å². The molecule has 2 aromatic heterocycles. The van der Waals surface area contributed by atoms with Crippen LogP contribution in [-0.4, -0.2) is 38.8 Å². The second kappa shape index (κ2) is 7.58. The van der Waals surface area contributed by atoms with Crippen molar-refractivity contribution in [1.82, 2.24) is 19.9 Å². The Morgan fingerprint density at radius 3 is 2.43 bits per heavy atom. The van der Waals surface area contributed by atoms with Crippen molar-refractivity contribution in [3.8, 4) is 0 Å². The van der Waals surface area contributed by atoms with E-state index >= 15 is 0 Å². The Balaban J connectivity index is 1.56. The van der Waals surface area contributed by atoms with Gasteiger partial charge in [0.15, 0.2) is 5.58 Å². The number of amides is 1. The standard InChI is InChI=1S/C21H25N5O2/c1-13-18(19(27)26(3)15-9-5-4-6-10-15)14(2)23-20(22-13)25-21-24-16-11-7-8-12-17(16)28-21/h7-8,11-12,15H,4-6,9-10H2,1-3H3,(H,22,23,24,25). The first kappa shape index (κ1) is 18.4. The summed E-state index contributed by atoms with van der Waals surface area (Å²) in [6.45, 7) is 3.68. The highest BCUT2D eigenvalue weighted by Crippen LogP contribution is 2.25. The maximum Gasteiger partial charge on any atom is 0.302 e. The van der Waals surface area contributed by atoms with Crippen LogP contribution in [0.1, 0.15) is 53.8 Å². The number of aromatic nitrogens is 3. The van der Waals surface area contributed by atoms with Crippen molar-refractivity contribution in [3.63, 3.8) is 0 Å². The molecule has 0 atom stereocenters.